The van der Waals surface area contributed by atoms with Crippen LogP contribution in [0.4, 0.5) is 5.69 Å². The van der Waals surface area contributed by atoms with E-state index in [9.17, 15) is 14.9 Å². The topological polar surface area (TPSA) is 101 Å². The third-order valence-corrected chi connectivity index (χ3v) is 7.38. The van der Waals surface area contributed by atoms with E-state index in [1.165, 1.54) is 0 Å². The van der Waals surface area contributed by atoms with Crippen molar-refractivity contribution in [1.29, 1.82) is 5.26 Å². The number of benzene rings is 1. The van der Waals surface area contributed by atoms with E-state index >= 15 is 0 Å². The zero-order valence-electron chi connectivity index (χ0n) is 19.7. The lowest BCUT2D eigenvalue weighted by atomic mass is 9.92. The second kappa shape index (κ2) is 9.54. The van der Waals surface area contributed by atoms with Crippen LogP contribution in [0.2, 0.25) is 0 Å². The Kier molecular flexibility index (Phi) is 6.73. The maximum atomic E-state index is 12.9. The molecule has 176 valence electrons. The number of methoxy groups -OCH3 is 1. The van der Waals surface area contributed by atoms with Gasteiger partial charge in [0.1, 0.15) is 11.6 Å². The standard InChI is InChI=1S/C25H33N5O3/c1-25(33-3)8-12-30(13-9-25)22-19-14-18(4-5-21(19)28-24(32)20(22)15-26)23(31)27-16-17-6-10-29(2)11-7-17/h4-5,14,17H,6-13,16H2,1-3H3,(H,27,31)(H,28,32). The predicted octanol–water partition coefficient (Wildman–Crippen LogP) is 2.48. The van der Waals surface area contributed by atoms with Gasteiger partial charge in [-0.1, -0.05) is 0 Å². The Morgan fingerprint density at radius 2 is 1.97 bits per heavy atom. The highest BCUT2D eigenvalue weighted by molar-refractivity contribution is 6.02. The first kappa shape index (κ1) is 23.3. The number of piperidine rings is 2. The summed E-state index contributed by atoms with van der Waals surface area (Å²) < 4.78 is 5.65. The number of H-pyrrole nitrogens is 1. The van der Waals surface area contributed by atoms with Crippen molar-refractivity contribution in [1.82, 2.24) is 15.2 Å². The zero-order valence-corrected chi connectivity index (χ0v) is 19.7. The van der Waals surface area contributed by atoms with Crippen molar-refractivity contribution in [3.63, 3.8) is 0 Å². The molecule has 0 bridgehead atoms. The minimum absolute atomic E-state index is 0.0902. The summed E-state index contributed by atoms with van der Waals surface area (Å²) in [6, 6.07) is 7.38. The Labute approximate surface area is 194 Å². The van der Waals surface area contributed by atoms with Crippen LogP contribution in [0.1, 0.15) is 48.5 Å². The van der Waals surface area contributed by atoms with Crippen molar-refractivity contribution < 1.29 is 9.53 Å². The molecular weight excluding hydrogens is 418 g/mol. The molecule has 2 aromatic rings. The second-order valence-electron chi connectivity index (χ2n) is 9.65. The first-order valence-corrected chi connectivity index (χ1v) is 11.7. The molecule has 2 N–H and O–H groups in total. The number of nitrogens with one attached hydrogen (secondary N) is 2. The molecule has 2 aliphatic rings. The molecule has 1 aromatic heterocycles. The van der Waals surface area contributed by atoms with Crippen LogP contribution in [0.15, 0.2) is 23.0 Å². The van der Waals surface area contributed by atoms with Gasteiger partial charge in [-0.05, 0) is 76.9 Å². The molecule has 0 saturated carbocycles. The molecule has 33 heavy (non-hydrogen) atoms. The molecule has 2 saturated heterocycles. The van der Waals surface area contributed by atoms with Gasteiger partial charge in [0.05, 0.1) is 16.8 Å². The van der Waals surface area contributed by atoms with E-state index < -0.39 is 5.56 Å². The summed E-state index contributed by atoms with van der Waals surface area (Å²) in [4.78, 5) is 32.8. The van der Waals surface area contributed by atoms with E-state index in [1.807, 2.05) is 0 Å². The Hall–Kier alpha value is -2.89. The van der Waals surface area contributed by atoms with Crippen LogP contribution in [-0.2, 0) is 4.74 Å². The number of nitrogens with zero attached hydrogens (tertiary/aromatic N) is 3. The van der Waals surface area contributed by atoms with E-state index in [2.05, 4.69) is 40.1 Å². The third-order valence-electron chi connectivity index (χ3n) is 7.38. The molecule has 3 heterocycles. The second-order valence-corrected chi connectivity index (χ2v) is 9.65. The van der Waals surface area contributed by atoms with E-state index in [0.717, 1.165) is 44.2 Å². The number of fused-ring (bicyclic) bond motifs is 1. The van der Waals surface area contributed by atoms with Crippen molar-refractivity contribution in [3.8, 4) is 6.07 Å². The highest BCUT2D eigenvalue weighted by Crippen LogP contribution is 2.34. The lowest BCUT2D eigenvalue weighted by Crippen LogP contribution is -2.44. The van der Waals surface area contributed by atoms with Crippen LogP contribution >= 0.6 is 0 Å². The van der Waals surface area contributed by atoms with Crippen molar-refractivity contribution >= 4 is 22.5 Å². The van der Waals surface area contributed by atoms with Crippen LogP contribution in [0, 0.1) is 17.2 Å². The number of carbonyl (C=O) groups is 1. The number of carbonyl (C=O) groups excluding carboxylic acids is 1. The number of aromatic nitrogens is 1. The van der Waals surface area contributed by atoms with E-state index in [4.69, 9.17) is 4.74 Å². The lowest BCUT2D eigenvalue weighted by molar-refractivity contribution is -0.0132. The molecule has 8 heteroatoms. The summed E-state index contributed by atoms with van der Waals surface area (Å²) in [7, 11) is 3.84. The molecule has 4 rings (SSSR count). The lowest BCUT2D eigenvalue weighted by Gasteiger charge is -2.40. The fraction of sp³-hybridized carbons (Fsp3) is 0.560. The summed E-state index contributed by atoms with van der Waals surface area (Å²) in [5, 5.41) is 13.6. The van der Waals surface area contributed by atoms with Gasteiger partial charge >= 0.3 is 0 Å². The minimum atomic E-state index is -0.403. The number of ether oxygens (including phenoxy) is 1. The summed E-state index contributed by atoms with van der Waals surface area (Å²) in [6.45, 7) is 6.20. The molecule has 1 amide bonds. The maximum absolute atomic E-state index is 12.9. The Morgan fingerprint density at radius 1 is 1.27 bits per heavy atom. The molecule has 0 aliphatic carbocycles. The Balaban J connectivity index is 1.61. The smallest absolute Gasteiger partial charge is 0.268 e. The van der Waals surface area contributed by atoms with E-state index in [-0.39, 0.29) is 17.1 Å². The number of pyridine rings is 1. The maximum Gasteiger partial charge on any atom is 0.268 e. The summed E-state index contributed by atoms with van der Waals surface area (Å²) in [5.74, 6) is 0.364. The first-order valence-electron chi connectivity index (χ1n) is 11.7. The van der Waals surface area contributed by atoms with Gasteiger partial charge in [-0.15, -0.1) is 0 Å². The fourth-order valence-electron chi connectivity index (χ4n) is 4.86. The number of nitriles is 1. The molecule has 0 radical (unpaired) electrons. The Morgan fingerprint density at radius 3 is 2.61 bits per heavy atom. The normalized spacial score (nSPS) is 19.4. The molecule has 0 atom stereocenters. The monoisotopic (exact) mass is 451 g/mol. The van der Waals surface area contributed by atoms with Gasteiger partial charge in [0.25, 0.3) is 11.5 Å². The van der Waals surface area contributed by atoms with E-state index in [0.29, 0.717) is 42.3 Å². The van der Waals surface area contributed by atoms with Crippen LogP contribution in [0.5, 0.6) is 0 Å². The van der Waals surface area contributed by atoms with Gasteiger partial charge < -0.3 is 24.8 Å². The van der Waals surface area contributed by atoms with Crippen LogP contribution in [-0.4, -0.2) is 68.3 Å². The van der Waals surface area contributed by atoms with Crippen molar-refractivity contribution in [2.75, 3.05) is 51.8 Å². The van der Waals surface area contributed by atoms with Crippen LogP contribution < -0.4 is 15.8 Å². The zero-order chi connectivity index (χ0) is 23.6. The number of aromatic amines is 1. The summed E-state index contributed by atoms with van der Waals surface area (Å²) >= 11 is 0. The highest BCUT2D eigenvalue weighted by atomic mass is 16.5. The molecule has 1 aromatic carbocycles. The van der Waals surface area contributed by atoms with Crippen molar-refractivity contribution in [3.05, 3.63) is 39.7 Å². The van der Waals surface area contributed by atoms with Crippen LogP contribution in [0.3, 0.4) is 0 Å². The summed E-state index contributed by atoms with van der Waals surface area (Å²) in [5.41, 5.74) is 1.25. The predicted molar refractivity (Wildman–Crippen MR) is 129 cm³/mol. The number of hydrogen-bond donors (Lipinski definition) is 2. The number of anilines is 1. The SMILES string of the molecule is COC1(C)CCN(c2c(C#N)c(=O)[nH]c3ccc(C(=O)NCC4CCN(C)CC4)cc23)CC1. The Bertz CT molecular complexity index is 1120. The highest BCUT2D eigenvalue weighted by Gasteiger charge is 2.32. The van der Waals surface area contributed by atoms with Crippen molar-refractivity contribution in [2.24, 2.45) is 5.92 Å². The van der Waals surface area contributed by atoms with Gasteiger partial charge in [0, 0.05) is 37.7 Å². The fourth-order valence-corrected chi connectivity index (χ4v) is 4.86. The quantitative estimate of drug-likeness (QED) is 0.724. The van der Waals surface area contributed by atoms with Gasteiger partial charge in [0.2, 0.25) is 0 Å². The number of likely N-dealkylation sites (tertiary alicyclic amines) is 1. The van der Waals surface area contributed by atoms with Crippen LogP contribution in [0.25, 0.3) is 10.9 Å². The van der Waals surface area contributed by atoms with Gasteiger partial charge in [-0.2, -0.15) is 5.26 Å². The molecule has 2 fully saturated rings. The average Bonchev–Trinajstić information content (AvgIpc) is 2.83. The van der Waals surface area contributed by atoms with Gasteiger partial charge in [0.15, 0.2) is 0 Å². The molecule has 2 aliphatic heterocycles. The molecule has 0 spiro atoms. The summed E-state index contributed by atoms with van der Waals surface area (Å²) in [6.07, 6.45) is 3.75. The first-order chi connectivity index (χ1) is 15.8. The minimum Gasteiger partial charge on any atom is -0.378 e. The molecular formula is C25H33N5O3. The van der Waals surface area contributed by atoms with Gasteiger partial charge in [-0.25, -0.2) is 0 Å². The number of rotatable bonds is 5. The average molecular weight is 452 g/mol. The number of amides is 1. The van der Waals surface area contributed by atoms with Crippen molar-refractivity contribution in [2.45, 2.75) is 38.2 Å². The molecule has 0 unspecified atom stereocenters. The largest absolute Gasteiger partial charge is 0.378 e. The molecule has 8 nitrogen and oxygen atoms in total. The third kappa shape index (κ3) is 4.90. The number of hydrogen-bond acceptors (Lipinski definition) is 6. The van der Waals surface area contributed by atoms with E-state index in [1.54, 1.807) is 25.3 Å². The van der Waals surface area contributed by atoms with Gasteiger partial charge in [-0.3, -0.25) is 9.59 Å².